The van der Waals surface area contributed by atoms with Gasteiger partial charge in [0.15, 0.2) is 0 Å². The maximum Gasteiger partial charge on any atom is 0.0545 e. The molecule has 2 heteroatoms. The van der Waals surface area contributed by atoms with E-state index < -0.39 is 0 Å². The van der Waals surface area contributed by atoms with Crippen LogP contribution in [0, 0.1) is 0 Å². The van der Waals surface area contributed by atoms with Gasteiger partial charge in [-0.3, -0.25) is 0 Å². The zero-order valence-electron chi connectivity index (χ0n) is 16.3. The molecule has 1 aliphatic carbocycles. The molecule has 0 aromatic heterocycles. The van der Waals surface area contributed by atoms with Crippen molar-refractivity contribution in [2.45, 2.75) is 16.1 Å². The highest BCUT2D eigenvalue weighted by atomic mass is 35.5. The number of allylic oxidation sites excluding steroid dienone is 3. The lowest BCUT2D eigenvalue weighted by Gasteiger charge is -2.24. The van der Waals surface area contributed by atoms with Crippen molar-refractivity contribution in [3.05, 3.63) is 119 Å². The van der Waals surface area contributed by atoms with E-state index in [0.29, 0.717) is 11.2 Å². The topological polar surface area (TPSA) is 0 Å². The smallest absolute Gasteiger partial charge is 0.0545 e. The van der Waals surface area contributed by atoms with Gasteiger partial charge in [-0.15, -0.1) is 11.8 Å². The Labute approximate surface area is 185 Å². The summed E-state index contributed by atoms with van der Waals surface area (Å²) in [7, 11) is 0. The third-order valence-electron chi connectivity index (χ3n) is 6.15. The van der Waals surface area contributed by atoms with E-state index >= 15 is 0 Å². The van der Waals surface area contributed by atoms with E-state index in [1.807, 2.05) is 17.8 Å². The summed E-state index contributed by atoms with van der Waals surface area (Å²) < 4.78 is 0. The van der Waals surface area contributed by atoms with E-state index in [4.69, 9.17) is 11.6 Å². The average Bonchev–Trinajstić information content (AvgIpc) is 3.19. The summed E-state index contributed by atoms with van der Waals surface area (Å²) in [6.45, 7) is 0. The van der Waals surface area contributed by atoms with Crippen LogP contribution in [0.2, 0.25) is 5.02 Å². The second kappa shape index (κ2) is 7.19. The number of hydrogen-bond donors (Lipinski definition) is 0. The molecule has 0 amide bonds. The van der Waals surface area contributed by atoms with Gasteiger partial charge in [-0.25, -0.2) is 0 Å². The van der Waals surface area contributed by atoms with Gasteiger partial charge < -0.3 is 0 Å². The zero-order chi connectivity index (χ0) is 20.1. The van der Waals surface area contributed by atoms with E-state index in [1.165, 1.54) is 43.5 Å². The molecule has 0 N–H and O–H groups in total. The van der Waals surface area contributed by atoms with Gasteiger partial charge in [-0.05, 0) is 44.7 Å². The van der Waals surface area contributed by atoms with Crippen LogP contribution in [0.3, 0.4) is 0 Å². The van der Waals surface area contributed by atoms with Crippen LogP contribution >= 0.6 is 23.4 Å². The van der Waals surface area contributed by atoms with Crippen molar-refractivity contribution in [3.8, 4) is 11.1 Å². The largest absolute Gasteiger partial charge is 0.116 e. The summed E-state index contributed by atoms with van der Waals surface area (Å²) in [6, 6.07) is 30.5. The number of halogens is 1. The first-order chi connectivity index (χ1) is 14.8. The van der Waals surface area contributed by atoms with E-state index in [9.17, 15) is 0 Å². The van der Waals surface area contributed by atoms with Crippen LogP contribution in [-0.4, -0.2) is 5.25 Å². The van der Waals surface area contributed by atoms with Gasteiger partial charge in [0.1, 0.15) is 0 Å². The molecule has 2 unspecified atom stereocenters. The van der Waals surface area contributed by atoms with E-state index in [1.54, 1.807) is 0 Å². The van der Waals surface area contributed by atoms with Crippen molar-refractivity contribution in [2.75, 3.05) is 0 Å². The Morgan fingerprint density at radius 1 is 0.733 bits per heavy atom. The molecule has 0 fully saturated rings. The van der Waals surface area contributed by atoms with Crippen LogP contribution in [0.1, 0.15) is 17.0 Å². The normalized spacial score (nSPS) is 19.4. The van der Waals surface area contributed by atoms with Gasteiger partial charge in [-0.1, -0.05) is 109 Å². The summed E-state index contributed by atoms with van der Waals surface area (Å²) in [5.41, 5.74) is 6.55. The Morgan fingerprint density at radius 3 is 2.40 bits per heavy atom. The van der Waals surface area contributed by atoms with Gasteiger partial charge in [0.25, 0.3) is 0 Å². The van der Waals surface area contributed by atoms with Gasteiger partial charge in [0.05, 0.1) is 5.02 Å². The van der Waals surface area contributed by atoms with Crippen LogP contribution < -0.4 is 0 Å². The SMILES string of the molecule is Clc1cccc2c1SC1C=CC=C(c3ccc(-c4cccc5ccccc45)cc3)C21. The highest BCUT2D eigenvalue weighted by molar-refractivity contribution is 8.00. The maximum absolute atomic E-state index is 6.50. The van der Waals surface area contributed by atoms with Crippen molar-refractivity contribution < 1.29 is 0 Å². The lowest BCUT2D eigenvalue weighted by molar-refractivity contribution is 0.901. The minimum atomic E-state index is 0.358. The van der Waals surface area contributed by atoms with Crippen molar-refractivity contribution in [1.29, 1.82) is 0 Å². The molecular formula is C28H19ClS. The summed E-state index contributed by atoms with van der Waals surface area (Å²) in [5.74, 6) is 0.358. The first kappa shape index (κ1) is 18.1. The van der Waals surface area contributed by atoms with E-state index in [-0.39, 0.29) is 0 Å². The Kier molecular flexibility index (Phi) is 4.33. The molecule has 2 aliphatic rings. The molecule has 30 heavy (non-hydrogen) atoms. The Balaban J connectivity index is 1.41. The highest BCUT2D eigenvalue weighted by Gasteiger charge is 2.37. The van der Waals surface area contributed by atoms with Crippen molar-refractivity contribution in [1.82, 2.24) is 0 Å². The predicted molar refractivity (Wildman–Crippen MR) is 130 cm³/mol. The minimum Gasteiger partial charge on any atom is -0.116 e. The minimum absolute atomic E-state index is 0.358. The number of rotatable bonds is 2. The molecule has 2 atom stereocenters. The van der Waals surface area contributed by atoms with Gasteiger partial charge in [0.2, 0.25) is 0 Å². The van der Waals surface area contributed by atoms with Gasteiger partial charge in [-0.2, -0.15) is 0 Å². The predicted octanol–water partition coefficient (Wildman–Crippen LogP) is 8.37. The Bertz CT molecular complexity index is 1330. The van der Waals surface area contributed by atoms with Crippen LogP contribution in [0.4, 0.5) is 0 Å². The number of thioether (sulfide) groups is 1. The highest BCUT2D eigenvalue weighted by Crippen LogP contribution is 2.55. The van der Waals surface area contributed by atoms with E-state index in [2.05, 4.69) is 97.1 Å². The fraction of sp³-hybridized carbons (Fsp3) is 0.0714. The van der Waals surface area contributed by atoms with Crippen molar-refractivity contribution in [3.63, 3.8) is 0 Å². The monoisotopic (exact) mass is 422 g/mol. The van der Waals surface area contributed by atoms with Crippen LogP contribution in [0.25, 0.3) is 27.5 Å². The third kappa shape index (κ3) is 2.85. The molecule has 0 spiro atoms. The summed E-state index contributed by atoms with van der Waals surface area (Å²) in [6.07, 6.45) is 6.77. The van der Waals surface area contributed by atoms with Crippen LogP contribution in [0.15, 0.2) is 108 Å². The second-order valence-electron chi connectivity index (χ2n) is 7.83. The molecule has 0 radical (unpaired) electrons. The molecule has 0 nitrogen and oxygen atoms in total. The molecular weight excluding hydrogens is 404 g/mol. The number of fused-ring (bicyclic) bond motifs is 4. The molecule has 4 aromatic carbocycles. The first-order valence-electron chi connectivity index (χ1n) is 10.2. The molecule has 144 valence electrons. The van der Waals surface area contributed by atoms with Crippen molar-refractivity contribution in [2.24, 2.45) is 0 Å². The standard InChI is InChI=1S/C28H19ClS/c29-25-12-4-11-24-27-23(10-5-13-26(27)30-28(24)25)20-16-14-19(15-17-20)22-9-3-7-18-6-1-2-8-21(18)22/h1-17,26-27H. The molecule has 6 rings (SSSR count). The Morgan fingerprint density at radius 2 is 1.50 bits per heavy atom. The van der Waals surface area contributed by atoms with E-state index in [0.717, 1.165) is 5.02 Å². The number of hydrogen-bond acceptors (Lipinski definition) is 1. The Hall–Kier alpha value is -2.74. The third-order valence-corrected chi connectivity index (χ3v) is 7.97. The van der Waals surface area contributed by atoms with Gasteiger partial charge >= 0.3 is 0 Å². The second-order valence-corrected chi connectivity index (χ2v) is 9.42. The fourth-order valence-electron chi connectivity index (χ4n) is 4.74. The van der Waals surface area contributed by atoms with Crippen LogP contribution in [-0.2, 0) is 0 Å². The molecule has 4 aromatic rings. The first-order valence-corrected chi connectivity index (χ1v) is 11.5. The molecule has 0 bridgehead atoms. The summed E-state index contributed by atoms with van der Waals surface area (Å²) >= 11 is 8.39. The van der Waals surface area contributed by atoms with Crippen LogP contribution in [0.5, 0.6) is 0 Å². The summed E-state index contributed by atoms with van der Waals surface area (Å²) in [4.78, 5) is 1.24. The lowest BCUT2D eigenvalue weighted by atomic mass is 9.81. The maximum atomic E-state index is 6.50. The molecule has 0 saturated carbocycles. The zero-order valence-corrected chi connectivity index (χ0v) is 17.8. The lowest BCUT2D eigenvalue weighted by Crippen LogP contribution is -2.12. The number of benzene rings is 4. The molecule has 0 saturated heterocycles. The van der Waals surface area contributed by atoms with Crippen molar-refractivity contribution >= 4 is 39.7 Å². The molecule has 1 aliphatic heterocycles. The van der Waals surface area contributed by atoms with Gasteiger partial charge in [0, 0.05) is 16.1 Å². The summed E-state index contributed by atoms with van der Waals surface area (Å²) in [5, 5.41) is 3.85. The fourth-order valence-corrected chi connectivity index (χ4v) is 6.44. The average molecular weight is 423 g/mol. The quantitative estimate of drug-likeness (QED) is 0.312. The molecule has 1 heterocycles.